The lowest BCUT2D eigenvalue weighted by Gasteiger charge is -2.28. The van der Waals surface area contributed by atoms with Gasteiger partial charge in [0.25, 0.3) is 0 Å². The van der Waals surface area contributed by atoms with Gasteiger partial charge in [-0.25, -0.2) is 4.98 Å². The number of anilines is 1. The maximum absolute atomic E-state index is 12.2. The zero-order chi connectivity index (χ0) is 15.4. The minimum Gasteiger partial charge on any atom is -0.375 e. The second-order valence-corrected chi connectivity index (χ2v) is 6.89. The molecule has 1 aliphatic rings. The summed E-state index contributed by atoms with van der Waals surface area (Å²) >= 11 is 2.67. The van der Waals surface area contributed by atoms with Gasteiger partial charge in [0, 0.05) is 6.54 Å². The second kappa shape index (κ2) is 8.68. The van der Waals surface area contributed by atoms with Crippen LogP contribution in [0.25, 0.3) is 0 Å². The van der Waals surface area contributed by atoms with E-state index in [-0.39, 0.29) is 42.1 Å². The van der Waals surface area contributed by atoms with E-state index < -0.39 is 0 Å². The predicted molar refractivity (Wildman–Crippen MR) is 89.9 cm³/mol. The summed E-state index contributed by atoms with van der Waals surface area (Å²) < 4.78 is 6.33. The molecule has 0 radical (unpaired) electrons. The molecule has 1 saturated heterocycles. The zero-order valence-electron chi connectivity index (χ0n) is 12.3. The van der Waals surface area contributed by atoms with Crippen LogP contribution in [0.3, 0.4) is 0 Å². The molecule has 2 rings (SSSR count). The molecule has 1 aliphatic heterocycles. The molecular formula is C12H19ClN4O3S2. The molecule has 0 spiro atoms. The van der Waals surface area contributed by atoms with Crippen molar-refractivity contribution < 1.29 is 14.3 Å². The van der Waals surface area contributed by atoms with Crippen molar-refractivity contribution in [2.45, 2.75) is 30.2 Å². The van der Waals surface area contributed by atoms with Gasteiger partial charge < -0.3 is 21.1 Å². The predicted octanol–water partition coefficient (Wildman–Crippen LogP) is 0.766. The van der Waals surface area contributed by atoms with Crippen molar-refractivity contribution >= 4 is 52.5 Å². The molecule has 4 N–H and O–H groups in total. The highest BCUT2D eigenvalue weighted by Gasteiger charge is 2.29. The molecule has 1 aromatic heterocycles. The van der Waals surface area contributed by atoms with Gasteiger partial charge in [0.2, 0.25) is 11.8 Å². The summed E-state index contributed by atoms with van der Waals surface area (Å²) in [4.78, 5) is 27.3. The lowest BCUT2D eigenvalue weighted by atomic mass is 10.1. The van der Waals surface area contributed by atoms with Gasteiger partial charge in [-0.2, -0.15) is 0 Å². The van der Waals surface area contributed by atoms with Crippen molar-refractivity contribution in [2.75, 3.05) is 24.2 Å². The monoisotopic (exact) mass is 366 g/mol. The number of ether oxygens (including phenoxy) is 1. The number of primary amides is 1. The first-order chi connectivity index (χ1) is 9.97. The first kappa shape index (κ1) is 19.2. The lowest BCUT2D eigenvalue weighted by molar-refractivity contribution is -0.123. The third-order valence-corrected chi connectivity index (χ3v) is 5.39. The normalized spacial score (nSPS) is 21.0. The van der Waals surface area contributed by atoms with Crippen molar-refractivity contribution in [2.24, 2.45) is 5.73 Å². The minimum atomic E-state index is -0.385. The number of aryl methyl sites for hydroxylation is 1. The number of hydrogen-bond acceptors (Lipinski definition) is 7. The van der Waals surface area contributed by atoms with Gasteiger partial charge in [0.15, 0.2) is 5.13 Å². The average Bonchev–Trinajstić information content (AvgIpc) is 2.76. The van der Waals surface area contributed by atoms with Crippen LogP contribution in [0.5, 0.6) is 0 Å². The Kier molecular flexibility index (Phi) is 7.57. The molecule has 10 heteroatoms. The Bertz CT molecular complexity index is 540. The number of thioether (sulfide) groups is 1. The summed E-state index contributed by atoms with van der Waals surface area (Å²) in [5, 5.41) is 6.43. The Hall–Kier alpha value is -0.870. The van der Waals surface area contributed by atoms with E-state index in [9.17, 15) is 9.59 Å². The number of morpholine rings is 1. The number of carbonyl (C=O) groups excluding carboxylic acids is 2. The Balaban J connectivity index is 0.00000242. The quantitative estimate of drug-likeness (QED) is 0.664. The fraction of sp³-hybridized carbons (Fsp3) is 0.583. The molecule has 124 valence electrons. The van der Waals surface area contributed by atoms with E-state index in [0.29, 0.717) is 18.3 Å². The molecule has 0 aliphatic carbocycles. The van der Waals surface area contributed by atoms with Gasteiger partial charge >= 0.3 is 0 Å². The standard InChI is InChI=1S/C12H18N4O3S2.ClH/c1-6-11(20-5-8(13)17)21-12(15-6)16-10(18)9-7(2)19-4-3-14-9;/h7,9,14H,3-5H2,1-2H3,(H2,13,17)(H,15,16,18);1H/t7-,9+;/m1./s1. The number of thiazole rings is 1. The van der Waals surface area contributed by atoms with E-state index >= 15 is 0 Å². The summed E-state index contributed by atoms with van der Waals surface area (Å²) in [5.74, 6) is -0.343. The number of amides is 2. The molecule has 2 heterocycles. The van der Waals surface area contributed by atoms with Crippen LogP contribution in [0.2, 0.25) is 0 Å². The fourth-order valence-corrected chi connectivity index (χ4v) is 3.80. The van der Waals surface area contributed by atoms with Crippen LogP contribution in [0, 0.1) is 6.92 Å². The third kappa shape index (κ3) is 5.10. The maximum atomic E-state index is 12.2. The topological polar surface area (TPSA) is 106 Å². The minimum absolute atomic E-state index is 0. The largest absolute Gasteiger partial charge is 0.375 e. The lowest BCUT2D eigenvalue weighted by Crippen LogP contribution is -2.53. The number of nitrogens with zero attached hydrogens (tertiary/aromatic N) is 1. The Morgan fingerprint density at radius 3 is 2.95 bits per heavy atom. The molecule has 22 heavy (non-hydrogen) atoms. The van der Waals surface area contributed by atoms with Crippen LogP contribution in [-0.2, 0) is 14.3 Å². The molecule has 1 fully saturated rings. The van der Waals surface area contributed by atoms with Gasteiger partial charge in [0.1, 0.15) is 6.04 Å². The van der Waals surface area contributed by atoms with E-state index in [4.69, 9.17) is 10.5 Å². The molecule has 2 atom stereocenters. The fourth-order valence-electron chi connectivity index (χ4n) is 1.92. The van der Waals surface area contributed by atoms with E-state index in [0.717, 1.165) is 9.90 Å². The second-order valence-electron chi connectivity index (χ2n) is 4.64. The zero-order valence-corrected chi connectivity index (χ0v) is 14.7. The highest BCUT2D eigenvalue weighted by atomic mass is 35.5. The first-order valence-corrected chi connectivity index (χ1v) is 8.32. The molecule has 0 bridgehead atoms. The number of nitrogens with one attached hydrogen (secondary N) is 2. The smallest absolute Gasteiger partial charge is 0.245 e. The molecule has 7 nitrogen and oxygen atoms in total. The Morgan fingerprint density at radius 1 is 1.59 bits per heavy atom. The highest BCUT2D eigenvalue weighted by Crippen LogP contribution is 2.31. The Morgan fingerprint density at radius 2 is 2.32 bits per heavy atom. The van der Waals surface area contributed by atoms with Gasteiger partial charge in [-0.15, -0.1) is 24.2 Å². The number of halogens is 1. The summed E-state index contributed by atoms with van der Waals surface area (Å²) in [6.45, 7) is 4.95. The maximum Gasteiger partial charge on any atom is 0.245 e. The van der Waals surface area contributed by atoms with E-state index in [1.165, 1.54) is 23.1 Å². The average molecular weight is 367 g/mol. The van der Waals surface area contributed by atoms with Gasteiger partial charge in [-0.1, -0.05) is 11.3 Å². The molecule has 1 aromatic rings. The summed E-state index contributed by atoms with van der Waals surface area (Å²) in [5.41, 5.74) is 5.90. The highest BCUT2D eigenvalue weighted by molar-refractivity contribution is 8.01. The number of rotatable bonds is 5. The Labute approximate surface area is 143 Å². The van der Waals surface area contributed by atoms with Crippen LogP contribution < -0.4 is 16.4 Å². The van der Waals surface area contributed by atoms with Crippen LogP contribution in [0.4, 0.5) is 5.13 Å². The van der Waals surface area contributed by atoms with E-state index in [1.807, 2.05) is 13.8 Å². The van der Waals surface area contributed by atoms with Crippen LogP contribution in [0.15, 0.2) is 4.21 Å². The third-order valence-electron chi connectivity index (χ3n) is 2.93. The van der Waals surface area contributed by atoms with Gasteiger partial charge in [-0.05, 0) is 13.8 Å². The number of hydrogen-bond donors (Lipinski definition) is 3. The number of nitrogens with two attached hydrogens (primary N) is 1. The molecule has 0 unspecified atom stereocenters. The van der Waals surface area contributed by atoms with Crippen LogP contribution >= 0.6 is 35.5 Å². The van der Waals surface area contributed by atoms with Crippen LogP contribution in [-0.4, -0.2) is 47.8 Å². The summed E-state index contributed by atoms with van der Waals surface area (Å²) in [6.07, 6.45) is -0.177. The van der Waals surface area contributed by atoms with Gasteiger partial charge in [0.05, 0.1) is 28.4 Å². The van der Waals surface area contributed by atoms with E-state index in [2.05, 4.69) is 15.6 Å². The molecule has 0 aromatic carbocycles. The molecule has 2 amide bonds. The number of aromatic nitrogens is 1. The van der Waals surface area contributed by atoms with Crippen molar-refractivity contribution in [1.29, 1.82) is 0 Å². The molecular weight excluding hydrogens is 348 g/mol. The van der Waals surface area contributed by atoms with Crippen molar-refractivity contribution in [3.63, 3.8) is 0 Å². The SMILES string of the molecule is Cc1nc(NC(=O)[C@H]2NCCO[C@@H]2C)sc1SCC(N)=O.Cl. The van der Waals surface area contributed by atoms with Crippen molar-refractivity contribution in [3.8, 4) is 0 Å². The van der Waals surface area contributed by atoms with Gasteiger partial charge in [-0.3, -0.25) is 9.59 Å². The molecule has 0 saturated carbocycles. The van der Waals surface area contributed by atoms with E-state index in [1.54, 1.807) is 0 Å². The summed E-state index contributed by atoms with van der Waals surface area (Å²) in [7, 11) is 0. The first-order valence-electron chi connectivity index (χ1n) is 6.51. The van der Waals surface area contributed by atoms with Crippen molar-refractivity contribution in [3.05, 3.63) is 5.69 Å². The van der Waals surface area contributed by atoms with Crippen LogP contribution in [0.1, 0.15) is 12.6 Å². The summed E-state index contributed by atoms with van der Waals surface area (Å²) in [6, 6.07) is -0.385. The number of carbonyl (C=O) groups is 2. The van der Waals surface area contributed by atoms with Crippen molar-refractivity contribution in [1.82, 2.24) is 10.3 Å².